The first kappa shape index (κ1) is 14.1. The molecule has 0 spiro atoms. The van der Waals surface area contributed by atoms with E-state index in [1.54, 1.807) is 0 Å². The van der Waals surface area contributed by atoms with Crippen molar-refractivity contribution < 1.29 is 4.74 Å². The minimum atomic E-state index is -0.133. The first-order chi connectivity index (χ1) is 7.93. The lowest BCUT2D eigenvalue weighted by Crippen LogP contribution is -2.31. The van der Waals surface area contributed by atoms with Gasteiger partial charge in [0.1, 0.15) is 0 Å². The van der Waals surface area contributed by atoms with Crippen LogP contribution in [0, 0.1) is 5.41 Å². The summed E-state index contributed by atoms with van der Waals surface area (Å²) in [6.45, 7) is 6.82. The fourth-order valence-electron chi connectivity index (χ4n) is 1.43. The van der Waals surface area contributed by atoms with Crippen LogP contribution in [0.1, 0.15) is 38.9 Å². The summed E-state index contributed by atoms with van der Waals surface area (Å²) in [4.78, 5) is 0.550. The van der Waals surface area contributed by atoms with Crippen LogP contribution >= 0.6 is 12.2 Å². The molecule has 94 valence electrons. The van der Waals surface area contributed by atoms with E-state index in [1.165, 1.54) is 5.56 Å². The van der Waals surface area contributed by atoms with Gasteiger partial charge in [-0.2, -0.15) is 0 Å². The highest BCUT2D eigenvalue weighted by molar-refractivity contribution is 7.80. The Balaban J connectivity index is 2.40. The van der Waals surface area contributed by atoms with Gasteiger partial charge in [0.2, 0.25) is 0 Å². The normalized spacial score (nSPS) is 13.4. The van der Waals surface area contributed by atoms with E-state index in [2.05, 4.69) is 19.1 Å². The van der Waals surface area contributed by atoms with Gasteiger partial charge in [0, 0.05) is 12.0 Å². The molecule has 0 aromatic heterocycles. The third-order valence-corrected chi connectivity index (χ3v) is 3.58. The van der Waals surface area contributed by atoms with Crippen molar-refractivity contribution in [2.24, 2.45) is 11.1 Å². The SMILES string of the molecule is CC(OCCC(C)(C)C(N)=S)c1ccccc1. The fraction of sp³-hybridized carbons (Fsp3) is 0.500. The van der Waals surface area contributed by atoms with Gasteiger partial charge in [-0.15, -0.1) is 0 Å². The van der Waals surface area contributed by atoms with Gasteiger partial charge in [-0.3, -0.25) is 0 Å². The van der Waals surface area contributed by atoms with Crippen LogP contribution in [-0.4, -0.2) is 11.6 Å². The van der Waals surface area contributed by atoms with Crippen LogP contribution in [0.2, 0.25) is 0 Å². The molecule has 1 aromatic carbocycles. The fourth-order valence-corrected chi connectivity index (χ4v) is 1.54. The molecule has 2 N–H and O–H groups in total. The second-order valence-corrected chi connectivity index (χ2v) is 5.36. The zero-order valence-corrected chi connectivity index (χ0v) is 11.6. The number of benzene rings is 1. The molecule has 1 atom stereocenters. The van der Waals surface area contributed by atoms with Gasteiger partial charge in [-0.05, 0) is 18.9 Å². The van der Waals surface area contributed by atoms with E-state index >= 15 is 0 Å². The largest absolute Gasteiger partial charge is 0.393 e. The molecule has 3 heteroatoms. The van der Waals surface area contributed by atoms with Gasteiger partial charge in [0.25, 0.3) is 0 Å². The van der Waals surface area contributed by atoms with E-state index in [4.69, 9.17) is 22.7 Å². The van der Waals surface area contributed by atoms with E-state index < -0.39 is 0 Å². The van der Waals surface area contributed by atoms with Gasteiger partial charge in [0.15, 0.2) is 0 Å². The Morgan fingerprint density at radius 2 is 1.94 bits per heavy atom. The number of thiocarbonyl (C=S) groups is 1. The van der Waals surface area contributed by atoms with Crippen LogP contribution in [0.3, 0.4) is 0 Å². The molecule has 0 bridgehead atoms. The van der Waals surface area contributed by atoms with Gasteiger partial charge in [-0.25, -0.2) is 0 Å². The predicted octanol–water partition coefficient (Wildman–Crippen LogP) is 3.47. The summed E-state index contributed by atoms with van der Waals surface area (Å²) < 4.78 is 5.80. The van der Waals surface area contributed by atoms with Gasteiger partial charge in [0.05, 0.1) is 11.1 Å². The Morgan fingerprint density at radius 1 is 1.35 bits per heavy atom. The summed E-state index contributed by atoms with van der Waals surface area (Å²) in [5.74, 6) is 0. The van der Waals surface area contributed by atoms with E-state index in [0.29, 0.717) is 11.6 Å². The lowest BCUT2D eigenvalue weighted by atomic mass is 9.90. The van der Waals surface area contributed by atoms with Crippen molar-refractivity contribution in [1.82, 2.24) is 0 Å². The average molecular weight is 251 g/mol. The monoisotopic (exact) mass is 251 g/mol. The van der Waals surface area contributed by atoms with E-state index in [0.717, 1.165) is 6.42 Å². The molecular weight excluding hydrogens is 230 g/mol. The van der Waals surface area contributed by atoms with Gasteiger partial charge in [-0.1, -0.05) is 56.4 Å². The average Bonchev–Trinajstić information content (AvgIpc) is 2.29. The molecule has 0 heterocycles. The van der Waals surface area contributed by atoms with Gasteiger partial charge < -0.3 is 10.5 Å². The second kappa shape index (κ2) is 6.12. The molecule has 1 rings (SSSR count). The molecular formula is C14H21NOS. The second-order valence-electron chi connectivity index (χ2n) is 4.92. The first-order valence-electron chi connectivity index (χ1n) is 5.90. The van der Waals surface area contributed by atoms with Crippen LogP contribution in [0.5, 0.6) is 0 Å². The van der Waals surface area contributed by atoms with E-state index in [-0.39, 0.29) is 11.5 Å². The highest BCUT2D eigenvalue weighted by Crippen LogP contribution is 2.23. The first-order valence-corrected chi connectivity index (χ1v) is 6.31. The molecule has 17 heavy (non-hydrogen) atoms. The molecule has 0 saturated carbocycles. The quantitative estimate of drug-likeness (QED) is 0.786. The summed E-state index contributed by atoms with van der Waals surface area (Å²) in [6, 6.07) is 10.2. The molecule has 0 aliphatic rings. The van der Waals surface area contributed by atoms with Crippen molar-refractivity contribution in [3.05, 3.63) is 35.9 Å². The van der Waals surface area contributed by atoms with E-state index in [9.17, 15) is 0 Å². The Bertz CT molecular complexity index is 362. The topological polar surface area (TPSA) is 35.2 Å². The minimum Gasteiger partial charge on any atom is -0.393 e. The standard InChI is InChI=1S/C14H21NOS/c1-11(12-7-5-4-6-8-12)16-10-9-14(2,3)13(15)17/h4-8,11H,9-10H2,1-3H3,(H2,15,17). The Hall–Kier alpha value is -0.930. The van der Waals surface area contributed by atoms with Crippen molar-refractivity contribution in [2.75, 3.05) is 6.61 Å². The number of ether oxygens (including phenoxy) is 1. The Labute approximate surface area is 109 Å². The van der Waals surface area contributed by atoms with Crippen molar-refractivity contribution in [2.45, 2.75) is 33.3 Å². The zero-order chi connectivity index (χ0) is 12.9. The maximum absolute atomic E-state index is 5.80. The van der Waals surface area contributed by atoms with Crippen molar-refractivity contribution in [3.8, 4) is 0 Å². The number of rotatable bonds is 6. The molecule has 0 amide bonds. The summed E-state index contributed by atoms with van der Waals surface area (Å²) in [5.41, 5.74) is 6.74. The van der Waals surface area contributed by atoms with Crippen LogP contribution in [-0.2, 0) is 4.74 Å². The van der Waals surface area contributed by atoms with Crippen molar-refractivity contribution >= 4 is 17.2 Å². The summed E-state index contributed by atoms with van der Waals surface area (Å²) in [5, 5.41) is 0. The molecule has 2 nitrogen and oxygen atoms in total. The number of hydrogen-bond donors (Lipinski definition) is 1. The summed E-state index contributed by atoms with van der Waals surface area (Å²) >= 11 is 5.03. The highest BCUT2D eigenvalue weighted by atomic mass is 32.1. The van der Waals surface area contributed by atoms with Crippen molar-refractivity contribution in [3.63, 3.8) is 0 Å². The maximum atomic E-state index is 5.80. The molecule has 1 aromatic rings. The third kappa shape index (κ3) is 4.44. The molecule has 0 radical (unpaired) electrons. The predicted molar refractivity (Wildman–Crippen MR) is 76.0 cm³/mol. The lowest BCUT2D eigenvalue weighted by molar-refractivity contribution is 0.0539. The van der Waals surface area contributed by atoms with Crippen LogP contribution < -0.4 is 5.73 Å². The van der Waals surface area contributed by atoms with Crippen LogP contribution in [0.15, 0.2) is 30.3 Å². The Kier molecular flexibility index (Phi) is 5.09. The van der Waals surface area contributed by atoms with Crippen LogP contribution in [0.25, 0.3) is 0 Å². The molecule has 0 saturated heterocycles. The molecule has 1 unspecified atom stereocenters. The molecule has 0 fully saturated rings. The Morgan fingerprint density at radius 3 is 2.47 bits per heavy atom. The van der Waals surface area contributed by atoms with Crippen LogP contribution in [0.4, 0.5) is 0 Å². The van der Waals surface area contributed by atoms with Crippen molar-refractivity contribution in [1.29, 1.82) is 0 Å². The highest BCUT2D eigenvalue weighted by Gasteiger charge is 2.21. The number of hydrogen-bond acceptors (Lipinski definition) is 2. The summed E-state index contributed by atoms with van der Waals surface area (Å²) in [6.07, 6.45) is 0.956. The lowest BCUT2D eigenvalue weighted by Gasteiger charge is -2.24. The van der Waals surface area contributed by atoms with E-state index in [1.807, 2.05) is 32.0 Å². The summed E-state index contributed by atoms with van der Waals surface area (Å²) in [7, 11) is 0. The smallest absolute Gasteiger partial charge is 0.0796 e. The zero-order valence-electron chi connectivity index (χ0n) is 10.8. The van der Waals surface area contributed by atoms with Gasteiger partial charge >= 0.3 is 0 Å². The number of nitrogens with two attached hydrogens (primary N) is 1. The third-order valence-electron chi connectivity index (χ3n) is 3.03. The maximum Gasteiger partial charge on any atom is 0.0796 e. The molecule has 0 aliphatic carbocycles. The molecule has 0 aliphatic heterocycles. The minimum absolute atomic E-state index is 0.110.